The van der Waals surface area contributed by atoms with Gasteiger partial charge >= 0.3 is 17.9 Å². The number of aromatic nitrogens is 1. The van der Waals surface area contributed by atoms with Gasteiger partial charge in [0, 0.05) is 42.1 Å². The third-order valence-corrected chi connectivity index (χ3v) is 6.95. The number of amides is 3. The minimum Gasteiger partial charge on any atom is -0.505 e. The van der Waals surface area contributed by atoms with E-state index in [1.54, 1.807) is 37.5 Å². The summed E-state index contributed by atoms with van der Waals surface area (Å²) in [6, 6.07) is 3.42. The van der Waals surface area contributed by atoms with Gasteiger partial charge in [0.25, 0.3) is 5.56 Å². The van der Waals surface area contributed by atoms with Crippen molar-refractivity contribution in [2.75, 3.05) is 31.5 Å². The maximum absolute atomic E-state index is 13.3. The van der Waals surface area contributed by atoms with Crippen LogP contribution in [0.4, 0.5) is 10.5 Å². The average Bonchev–Trinajstić information content (AvgIpc) is 3.63. The average molecular weight is 549 g/mol. The van der Waals surface area contributed by atoms with Crippen LogP contribution in [0.15, 0.2) is 21.4 Å². The van der Waals surface area contributed by atoms with E-state index in [4.69, 9.17) is 4.74 Å². The predicted molar refractivity (Wildman–Crippen MR) is 134 cm³/mol. The summed E-state index contributed by atoms with van der Waals surface area (Å²) >= 11 is 3.47. The largest absolute Gasteiger partial charge is 0.505 e. The highest BCUT2D eigenvalue weighted by Gasteiger charge is 2.33. The number of fused-ring (bicyclic) bond motifs is 1. The zero-order valence-corrected chi connectivity index (χ0v) is 21.8. The smallest absolute Gasteiger partial charge is 0.410 e. The van der Waals surface area contributed by atoms with Gasteiger partial charge in [-0.3, -0.25) is 14.4 Å². The van der Waals surface area contributed by atoms with Crippen molar-refractivity contribution in [3.8, 4) is 5.75 Å². The Morgan fingerprint density at radius 2 is 1.69 bits per heavy atom. The second kappa shape index (κ2) is 9.18. The Morgan fingerprint density at radius 3 is 2.26 bits per heavy atom. The van der Waals surface area contributed by atoms with Crippen LogP contribution in [0, 0.1) is 6.92 Å². The minimum absolute atomic E-state index is 0.0223. The molecule has 1 aromatic heterocycles. The first-order valence-corrected chi connectivity index (χ1v) is 12.3. The first-order valence-electron chi connectivity index (χ1n) is 11.5. The molecule has 0 radical (unpaired) electrons. The molecule has 188 valence electrons. The number of piperazine rings is 1. The lowest BCUT2D eigenvalue weighted by Crippen LogP contribution is -2.53. The number of hydrogen-bond acceptors (Lipinski definition) is 6. The first-order chi connectivity index (χ1) is 16.4. The van der Waals surface area contributed by atoms with E-state index in [9.17, 15) is 24.3 Å². The van der Waals surface area contributed by atoms with Gasteiger partial charge in [0.2, 0.25) is 0 Å². The Hall–Kier alpha value is -3.08. The summed E-state index contributed by atoms with van der Waals surface area (Å²) in [6.45, 7) is 7.90. The Morgan fingerprint density at radius 1 is 1.09 bits per heavy atom. The Balaban J connectivity index is 1.53. The molecular weight excluding hydrogens is 520 g/mol. The van der Waals surface area contributed by atoms with Crippen molar-refractivity contribution in [3.63, 3.8) is 0 Å². The van der Waals surface area contributed by atoms with Crippen molar-refractivity contribution >= 4 is 50.4 Å². The highest BCUT2D eigenvalue weighted by atomic mass is 79.9. The van der Waals surface area contributed by atoms with Crippen LogP contribution in [0.25, 0.3) is 10.9 Å². The molecule has 2 N–H and O–H groups in total. The van der Waals surface area contributed by atoms with Gasteiger partial charge in [-0.15, -0.1) is 0 Å². The molecule has 0 atom stereocenters. The molecule has 3 amide bonds. The topological polar surface area (TPSA) is 121 Å². The summed E-state index contributed by atoms with van der Waals surface area (Å²) in [7, 11) is 0. The van der Waals surface area contributed by atoms with E-state index in [0.717, 1.165) is 22.9 Å². The van der Waals surface area contributed by atoms with E-state index in [0.29, 0.717) is 10.9 Å². The number of hydrogen-bond donors (Lipinski definition) is 2. The second-order valence-corrected chi connectivity index (χ2v) is 10.8. The van der Waals surface area contributed by atoms with Crippen LogP contribution in [-0.4, -0.2) is 69.2 Å². The quantitative estimate of drug-likeness (QED) is 0.556. The van der Waals surface area contributed by atoms with Gasteiger partial charge in [-0.2, -0.15) is 0 Å². The molecule has 4 rings (SSSR count). The second-order valence-electron chi connectivity index (χ2n) is 9.91. The summed E-state index contributed by atoms with van der Waals surface area (Å²) in [6.07, 6.45) is 1.16. The summed E-state index contributed by atoms with van der Waals surface area (Å²) in [5.41, 5.74) is -0.0784. The molecule has 2 aromatic rings. The van der Waals surface area contributed by atoms with Crippen molar-refractivity contribution in [1.29, 1.82) is 0 Å². The normalized spacial score (nSPS) is 16.4. The fourth-order valence-electron chi connectivity index (χ4n) is 4.16. The number of aryl methyl sites for hydroxylation is 1. The maximum atomic E-state index is 13.3. The van der Waals surface area contributed by atoms with Crippen LogP contribution >= 0.6 is 15.9 Å². The van der Waals surface area contributed by atoms with E-state index in [1.165, 1.54) is 9.80 Å². The highest BCUT2D eigenvalue weighted by molar-refractivity contribution is 9.10. The third-order valence-electron chi connectivity index (χ3n) is 6.09. The predicted octanol–water partition coefficient (Wildman–Crippen LogP) is 3.13. The number of anilines is 1. The van der Waals surface area contributed by atoms with E-state index in [2.05, 4.69) is 21.2 Å². The first kappa shape index (κ1) is 25.0. The SMILES string of the molecule is Cc1c(Br)ccc2c(O)c(NC(=O)C(=O)N3CCN(C(=O)OC(C)(C)C)CC3)c(=O)n(C3CC3)c12. The van der Waals surface area contributed by atoms with E-state index in [-0.39, 0.29) is 43.7 Å². The number of benzene rings is 1. The van der Waals surface area contributed by atoms with Crippen LogP contribution in [0.5, 0.6) is 5.75 Å². The number of nitrogens with one attached hydrogen (secondary N) is 1. The molecular formula is C24H29BrN4O6. The molecule has 1 aliphatic heterocycles. The Bertz CT molecular complexity index is 1270. The Kier molecular flexibility index (Phi) is 6.56. The third kappa shape index (κ3) is 5.00. The molecule has 0 bridgehead atoms. The van der Waals surface area contributed by atoms with Gasteiger partial charge in [-0.05, 0) is 58.2 Å². The van der Waals surface area contributed by atoms with Crippen LogP contribution in [-0.2, 0) is 14.3 Å². The molecule has 1 saturated carbocycles. The van der Waals surface area contributed by atoms with Crippen LogP contribution in [0.2, 0.25) is 0 Å². The highest BCUT2D eigenvalue weighted by Crippen LogP contribution is 2.41. The zero-order chi connectivity index (χ0) is 25.7. The number of carbonyl (C=O) groups excluding carboxylic acids is 3. The summed E-state index contributed by atoms with van der Waals surface area (Å²) in [5.74, 6) is -2.22. The van der Waals surface area contributed by atoms with Gasteiger partial charge in [0.05, 0.1) is 5.52 Å². The summed E-state index contributed by atoms with van der Waals surface area (Å²) in [5, 5.41) is 13.7. The molecule has 2 fully saturated rings. The van der Waals surface area contributed by atoms with Crippen LogP contribution in [0.3, 0.4) is 0 Å². The monoisotopic (exact) mass is 548 g/mol. The molecule has 35 heavy (non-hydrogen) atoms. The molecule has 2 heterocycles. The van der Waals surface area contributed by atoms with Crippen molar-refractivity contribution < 1.29 is 24.2 Å². The molecule has 1 saturated heterocycles. The summed E-state index contributed by atoms with van der Waals surface area (Å²) < 4.78 is 7.74. The fourth-order valence-corrected chi connectivity index (χ4v) is 4.48. The number of ether oxygens (including phenoxy) is 1. The van der Waals surface area contributed by atoms with Crippen molar-refractivity contribution in [3.05, 3.63) is 32.5 Å². The minimum atomic E-state index is -1.02. The van der Waals surface area contributed by atoms with Gasteiger partial charge in [0.1, 0.15) is 5.60 Å². The number of aromatic hydroxyl groups is 1. The number of halogens is 1. The molecule has 10 nitrogen and oxygen atoms in total. The molecule has 0 spiro atoms. The van der Waals surface area contributed by atoms with Gasteiger partial charge in [-0.1, -0.05) is 15.9 Å². The van der Waals surface area contributed by atoms with Crippen LogP contribution in [0.1, 0.15) is 45.2 Å². The number of carbonyl (C=O) groups is 3. The molecule has 2 aliphatic rings. The lowest BCUT2D eigenvalue weighted by Gasteiger charge is -2.35. The lowest BCUT2D eigenvalue weighted by atomic mass is 10.1. The standard InChI is InChI=1S/C24H29BrN4O6/c1-13-16(25)8-7-15-18(13)29(14-5-6-14)21(32)17(19(15)30)26-20(31)22(33)27-9-11-28(12-10-27)23(34)35-24(2,3)4/h7-8,14,30H,5-6,9-12H2,1-4H3,(H,26,31). The number of rotatable bonds is 2. The van der Waals surface area contributed by atoms with Gasteiger partial charge in [0.15, 0.2) is 11.4 Å². The molecule has 1 aromatic carbocycles. The van der Waals surface area contributed by atoms with Crippen molar-refractivity contribution in [2.24, 2.45) is 0 Å². The van der Waals surface area contributed by atoms with Crippen LogP contribution < -0.4 is 10.9 Å². The van der Waals surface area contributed by atoms with E-state index in [1.807, 2.05) is 6.92 Å². The zero-order valence-electron chi connectivity index (χ0n) is 20.2. The van der Waals surface area contributed by atoms with Gasteiger partial charge < -0.3 is 29.5 Å². The van der Waals surface area contributed by atoms with Gasteiger partial charge in [-0.25, -0.2) is 4.79 Å². The molecule has 0 unspecified atom stereocenters. The fraction of sp³-hybridized carbons (Fsp3) is 0.500. The van der Waals surface area contributed by atoms with E-state index >= 15 is 0 Å². The Labute approximate surface area is 210 Å². The molecule has 1 aliphatic carbocycles. The number of nitrogens with zero attached hydrogens (tertiary/aromatic N) is 3. The maximum Gasteiger partial charge on any atom is 0.410 e. The lowest BCUT2D eigenvalue weighted by molar-refractivity contribution is -0.144. The molecule has 11 heteroatoms. The van der Waals surface area contributed by atoms with Crippen molar-refractivity contribution in [1.82, 2.24) is 14.4 Å². The number of pyridine rings is 1. The summed E-state index contributed by atoms with van der Waals surface area (Å²) in [4.78, 5) is 53.9. The van der Waals surface area contributed by atoms with Crippen molar-refractivity contribution in [2.45, 2.75) is 52.2 Å². The van der Waals surface area contributed by atoms with E-state index < -0.39 is 29.1 Å².